The van der Waals surface area contributed by atoms with Gasteiger partial charge in [0.2, 0.25) is 10.0 Å². The van der Waals surface area contributed by atoms with Crippen molar-refractivity contribution in [2.45, 2.75) is 12.7 Å². The highest BCUT2D eigenvalue weighted by molar-refractivity contribution is 7.92. The van der Waals surface area contributed by atoms with Gasteiger partial charge in [-0.2, -0.15) is 5.10 Å². The van der Waals surface area contributed by atoms with Crippen molar-refractivity contribution in [3.05, 3.63) is 53.7 Å². The normalized spacial score (nSPS) is 12.8. The summed E-state index contributed by atoms with van der Waals surface area (Å²) in [6, 6.07) is 12.4. The fourth-order valence-corrected chi connectivity index (χ4v) is 3.57. The number of methoxy groups -OCH3 is 1. The Morgan fingerprint density at radius 3 is 2.83 bits per heavy atom. The Morgan fingerprint density at radius 2 is 2.07 bits per heavy atom. The zero-order valence-corrected chi connectivity index (χ0v) is 17.7. The fraction of sp³-hybridized carbons (Fsp3) is 0.350. The number of aromatic amines is 1. The molecule has 0 aliphatic carbocycles. The molecule has 3 rings (SSSR count). The van der Waals surface area contributed by atoms with Gasteiger partial charge in [-0.15, -0.1) is 0 Å². The summed E-state index contributed by atoms with van der Waals surface area (Å²) in [6.07, 6.45) is 0.312. The molecule has 1 atom stereocenters. The Kier molecular flexibility index (Phi) is 7.27. The van der Waals surface area contributed by atoms with E-state index < -0.39 is 16.1 Å². The van der Waals surface area contributed by atoms with Crippen LogP contribution in [0.25, 0.3) is 10.9 Å². The molecule has 10 heteroatoms. The van der Waals surface area contributed by atoms with Crippen LogP contribution in [0.1, 0.15) is 17.4 Å². The number of rotatable bonds is 11. The molecule has 0 spiro atoms. The average molecular weight is 435 g/mol. The van der Waals surface area contributed by atoms with E-state index in [1.165, 1.54) is 0 Å². The van der Waals surface area contributed by atoms with E-state index in [0.29, 0.717) is 37.6 Å². The monoisotopic (exact) mass is 434 g/mol. The van der Waals surface area contributed by atoms with Crippen LogP contribution in [0.3, 0.4) is 0 Å². The van der Waals surface area contributed by atoms with Crippen molar-refractivity contribution in [1.29, 1.82) is 0 Å². The van der Waals surface area contributed by atoms with Crippen molar-refractivity contribution in [2.75, 3.05) is 37.8 Å². The van der Waals surface area contributed by atoms with Crippen molar-refractivity contribution in [1.82, 2.24) is 15.5 Å². The topological polar surface area (TPSA) is 126 Å². The fourth-order valence-electron chi connectivity index (χ4n) is 3.01. The quantitative estimate of drug-likeness (QED) is 0.339. The van der Waals surface area contributed by atoms with Crippen LogP contribution >= 0.6 is 0 Å². The van der Waals surface area contributed by atoms with Gasteiger partial charge in [0.25, 0.3) is 0 Å². The summed E-state index contributed by atoms with van der Waals surface area (Å²) in [5, 5.41) is 21.6. The van der Waals surface area contributed by atoms with E-state index in [4.69, 9.17) is 9.47 Å². The molecule has 0 bridgehead atoms. The predicted molar refractivity (Wildman–Crippen MR) is 115 cm³/mol. The lowest BCUT2D eigenvalue weighted by molar-refractivity contribution is 0.172. The van der Waals surface area contributed by atoms with Gasteiger partial charge >= 0.3 is 0 Å². The summed E-state index contributed by atoms with van der Waals surface area (Å²) < 4.78 is 35.9. The number of ether oxygens (including phenoxy) is 2. The molecule has 0 unspecified atom stereocenters. The third-order valence-corrected chi connectivity index (χ3v) is 4.96. The van der Waals surface area contributed by atoms with Crippen LogP contribution in [-0.2, 0) is 21.4 Å². The van der Waals surface area contributed by atoms with Gasteiger partial charge in [-0.25, -0.2) is 8.42 Å². The maximum Gasteiger partial charge on any atom is 0.229 e. The highest BCUT2D eigenvalue weighted by Gasteiger charge is 2.10. The summed E-state index contributed by atoms with van der Waals surface area (Å²) in [7, 11) is -1.73. The summed E-state index contributed by atoms with van der Waals surface area (Å²) in [5.74, 6) is 0.719. The number of aliphatic hydroxyl groups excluding tert-OH is 1. The average Bonchev–Trinajstić information content (AvgIpc) is 3.09. The molecular formula is C20H26N4O5S. The molecule has 1 aromatic heterocycles. The molecule has 0 radical (unpaired) electrons. The molecule has 0 fully saturated rings. The molecule has 1 heterocycles. The maximum absolute atomic E-state index is 11.3. The highest BCUT2D eigenvalue weighted by Crippen LogP contribution is 2.22. The Balaban J connectivity index is 1.45. The van der Waals surface area contributed by atoms with Gasteiger partial charge in [-0.05, 0) is 29.8 Å². The molecular weight excluding hydrogens is 408 g/mol. The Hall–Kier alpha value is -2.66. The molecule has 0 aliphatic rings. The highest BCUT2D eigenvalue weighted by atomic mass is 32.2. The van der Waals surface area contributed by atoms with Crippen LogP contribution in [0.5, 0.6) is 5.75 Å². The van der Waals surface area contributed by atoms with Crippen LogP contribution in [-0.4, -0.2) is 56.8 Å². The van der Waals surface area contributed by atoms with Crippen molar-refractivity contribution < 1.29 is 23.0 Å². The van der Waals surface area contributed by atoms with E-state index in [2.05, 4.69) is 20.2 Å². The minimum Gasteiger partial charge on any atom is -0.492 e. The van der Waals surface area contributed by atoms with E-state index in [1.807, 2.05) is 18.2 Å². The summed E-state index contributed by atoms with van der Waals surface area (Å²) in [6.45, 7) is 1.71. The van der Waals surface area contributed by atoms with Crippen molar-refractivity contribution >= 4 is 26.6 Å². The van der Waals surface area contributed by atoms with E-state index >= 15 is 0 Å². The number of sulfonamides is 1. The lowest BCUT2D eigenvalue weighted by atomic mass is 10.1. The summed E-state index contributed by atoms with van der Waals surface area (Å²) >= 11 is 0. The lowest BCUT2D eigenvalue weighted by Crippen LogP contribution is -2.26. The maximum atomic E-state index is 11.3. The largest absolute Gasteiger partial charge is 0.492 e. The van der Waals surface area contributed by atoms with Gasteiger partial charge in [0, 0.05) is 37.3 Å². The van der Waals surface area contributed by atoms with Crippen LogP contribution in [0.15, 0.2) is 42.5 Å². The minimum atomic E-state index is -3.36. The number of fused-ring (bicyclic) bond motifs is 1. The zero-order chi connectivity index (χ0) is 21.6. The third-order valence-electron chi connectivity index (χ3n) is 4.35. The first kappa shape index (κ1) is 22.0. The first-order chi connectivity index (χ1) is 14.4. The lowest BCUT2D eigenvalue weighted by Gasteiger charge is -2.14. The van der Waals surface area contributed by atoms with Gasteiger partial charge < -0.3 is 19.9 Å². The van der Waals surface area contributed by atoms with Gasteiger partial charge in [0.1, 0.15) is 12.4 Å². The molecule has 30 heavy (non-hydrogen) atoms. The standard InChI is InChI=1S/C20H26N4O5S/c1-28-13-19-17-7-6-16(11-18(17)22-23-19)29-9-8-21-12-20(25)14-4-3-5-15(10-14)24-30(2,26)27/h3-7,10-11,20-21,24-25H,8-9,12-13H2,1-2H3,(H,22,23)/t20-/m0/s1. The minimum absolute atomic E-state index is 0.311. The first-order valence-corrected chi connectivity index (χ1v) is 11.3. The third kappa shape index (κ3) is 6.17. The van der Waals surface area contributed by atoms with Gasteiger partial charge in [-0.1, -0.05) is 12.1 Å². The number of aromatic nitrogens is 2. The number of hydrogen-bond acceptors (Lipinski definition) is 7. The first-order valence-electron chi connectivity index (χ1n) is 9.41. The Bertz CT molecular complexity index is 1080. The van der Waals surface area contributed by atoms with Gasteiger partial charge in [0.05, 0.1) is 30.2 Å². The molecule has 0 aliphatic heterocycles. The summed E-state index contributed by atoms with van der Waals surface area (Å²) in [5.41, 5.74) is 2.77. The van der Waals surface area contributed by atoms with Crippen LogP contribution in [0.4, 0.5) is 5.69 Å². The van der Waals surface area contributed by atoms with E-state index in [-0.39, 0.29) is 0 Å². The van der Waals surface area contributed by atoms with E-state index in [0.717, 1.165) is 28.6 Å². The molecule has 2 aromatic carbocycles. The van der Waals surface area contributed by atoms with Crippen LogP contribution in [0, 0.1) is 0 Å². The smallest absolute Gasteiger partial charge is 0.229 e. The molecule has 3 aromatic rings. The molecule has 4 N–H and O–H groups in total. The number of nitrogens with one attached hydrogen (secondary N) is 3. The number of anilines is 1. The summed E-state index contributed by atoms with van der Waals surface area (Å²) in [4.78, 5) is 0. The van der Waals surface area contributed by atoms with Gasteiger partial charge in [-0.3, -0.25) is 9.82 Å². The number of hydrogen-bond donors (Lipinski definition) is 4. The van der Waals surface area contributed by atoms with E-state index in [1.54, 1.807) is 31.4 Å². The Labute approximate surface area is 175 Å². The van der Waals surface area contributed by atoms with Crippen LogP contribution < -0.4 is 14.8 Å². The second-order valence-electron chi connectivity index (χ2n) is 6.88. The molecule has 9 nitrogen and oxygen atoms in total. The van der Waals surface area contributed by atoms with Crippen molar-refractivity contribution in [3.63, 3.8) is 0 Å². The number of aliphatic hydroxyl groups is 1. The predicted octanol–water partition coefficient (Wildman–Crippen LogP) is 1.78. The SMILES string of the molecule is COCc1n[nH]c2cc(OCCNC[C@H](O)c3cccc(NS(C)(=O)=O)c3)ccc12. The van der Waals surface area contributed by atoms with Gasteiger partial charge in [0.15, 0.2) is 0 Å². The number of nitrogens with zero attached hydrogens (tertiary/aromatic N) is 1. The van der Waals surface area contributed by atoms with E-state index in [9.17, 15) is 13.5 Å². The molecule has 162 valence electrons. The Morgan fingerprint density at radius 1 is 1.23 bits per heavy atom. The number of H-pyrrole nitrogens is 1. The zero-order valence-electron chi connectivity index (χ0n) is 16.9. The second-order valence-corrected chi connectivity index (χ2v) is 8.63. The van der Waals surface area contributed by atoms with Crippen molar-refractivity contribution in [3.8, 4) is 5.75 Å². The molecule has 0 saturated carbocycles. The molecule has 0 amide bonds. The number of benzene rings is 2. The second kappa shape index (κ2) is 9.90. The molecule has 0 saturated heterocycles. The van der Waals surface area contributed by atoms with Crippen molar-refractivity contribution in [2.24, 2.45) is 0 Å². The van der Waals surface area contributed by atoms with Crippen LogP contribution in [0.2, 0.25) is 0 Å².